The number of aromatic nitrogens is 2. The Morgan fingerprint density at radius 2 is 2.17 bits per heavy atom. The first-order valence-corrected chi connectivity index (χ1v) is 6.76. The molecule has 0 aliphatic carbocycles. The van der Waals surface area contributed by atoms with Crippen LogP contribution in [0.2, 0.25) is 0 Å². The normalized spacial score (nSPS) is 22.3. The highest BCUT2D eigenvalue weighted by molar-refractivity contribution is 5.29. The van der Waals surface area contributed by atoms with Crippen LogP contribution in [0.5, 0.6) is 0 Å². The van der Waals surface area contributed by atoms with Crippen LogP contribution in [-0.2, 0) is 6.54 Å². The maximum Gasteiger partial charge on any atom is 0.203 e. The van der Waals surface area contributed by atoms with Crippen LogP contribution in [0.25, 0.3) is 0 Å². The van der Waals surface area contributed by atoms with Crippen LogP contribution in [0.1, 0.15) is 12.6 Å². The number of piperazine rings is 1. The van der Waals surface area contributed by atoms with Gasteiger partial charge < -0.3 is 14.8 Å². The Kier molecular flexibility index (Phi) is 4.24. The lowest BCUT2D eigenvalue weighted by molar-refractivity contribution is 0.121. The summed E-state index contributed by atoms with van der Waals surface area (Å²) in [5.74, 6) is 0.997. The Labute approximate surface area is 110 Å². The second-order valence-corrected chi connectivity index (χ2v) is 5.27. The van der Waals surface area contributed by atoms with E-state index < -0.39 is 0 Å². The first kappa shape index (κ1) is 13.4. The first-order valence-electron chi connectivity index (χ1n) is 6.76. The molecule has 5 nitrogen and oxygen atoms in total. The summed E-state index contributed by atoms with van der Waals surface area (Å²) < 4.78 is 2.17. The van der Waals surface area contributed by atoms with Gasteiger partial charge in [-0.25, -0.2) is 4.98 Å². The van der Waals surface area contributed by atoms with E-state index in [0.29, 0.717) is 6.04 Å². The molecule has 0 radical (unpaired) electrons. The molecular formula is C13H25N5. The van der Waals surface area contributed by atoms with Crippen molar-refractivity contribution in [3.8, 4) is 0 Å². The summed E-state index contributed by atoms with van der Waals surface area (Å²) in [6, 6.07) is 0.561. The Hall–Kier alpha value is -1.07. The van der Waals surface area contributed by atoms with Crippen LogP contribution in [0, 0.1) is 6.92 Å². The molecule has 2 heterocycles. The molecule has 1 aromatic rings. The van der Waals surface area contributed by atoms with E-state index in [9.17, 15) is 0 Å². The number of likely N-dealkylation sites (N-methyl/N-ethyl adjacent to an activating group) is 2. The fraction of sp³-hybridized carbons (Fsp3) is 0.769. The third-order valence-electron chi connectivity index (χ3n) is 3.71. The van der Waals surface area contributed by atoms with Crippen molar-refractivity contribution >= 4 is 5.95 Å². The Balaban J connectivity index is 1.93. The molecule has 2 rings (SSSR count). The van der Waals surface area contributed by atoms with Crippen LogP contribution in [-0.4, -0.2) is 65.7 Å². The zero-order chi connectivity index (χ0) is 13.1. The molecule has 1 aliphatic heterocycles. The van der Waals surface area contributed by atoms with Crippen molar-refractivity contribution in [1.29, 1.82) is 0 Å². The third kappa shape index (κ3) is 3.03. The predicted molar refractivity (Wildman–Crippen MR) is 75.0 cm³/mol. The van der Waals surface area contributed by atoms with Gasteiger partial charge in [-0.2, -0.15) is 0 Å². The average molecular weight is 251 g/mol. The number of rotatable bonds is 4. The summed E-state index contributed by atoms with van der Waals surface area (Å²) in [6.07, 6.45) is 2.10. The first-order chi connectivity index (χ1) is 8.60. The van der Waals surface area contributed by atoms with Gasteiger partial charge in [0.2, 0.25) is 5.95 Å². The van der Waals surface area contributed by atoms with E-state index in [1.807, 2.05) is 6.92 Å². The van der Waals surface area contributed by atoms with Crippen LogP contribution in [0.4, 0.5) is 5.95 Å². The largest absolute Gasteiger partial charge is 0.354 e. The highest BCUT2D eigenvalue weighted by atomic mass is 15.3. The van der Waals surface area contributed by atoms with Gasteiger partial charge in [-0.3, -0.25) is 4.90 Å². The van der Waals surface area contributed by atoms with Crippen LogP contribution < -0.4 is 5.32 Å². The van der Waals surface area contributed by atoms with Gasteiger partial charge in [0, 0.05) is 45.0 Å². The van der Waals surface area contributed by atoms with Crippen molar-refractivity contribution < 1.29 is 0 Å². The van der Waals surface area contributed by atoms with Crippen molar-refractivity contribution in [3.05, 3.63) is 11.9 Å². The Bertz CT molecular complexity index is 387. The smallest absolute Gasteiger partial charge is 0.203 e. The maximum atomic E-state index is 4.53. The summed E-state index contributed by atoms with van der Waals surface area (Å²) in [5, 5.41) is 3.49. The number of anilines is 1. The Morgan fingerprint density at radius 3 is 2.89 bits per heavy atom. The van der Waals surface area contributed by atoms with Gasteiger partial charge in [0.1, 0.15) is 0 Å². The van der Waals surface area contributed by atoms with Gasteiger partial charge in [-0.05, 0) is 27.9 Å². The van der Waals surface area contributed by atoms with Gasteiger partial charge in [0.05, 0.1) is 5.69 Å². The topological polar surface area (TPSA) is 36.3 Å². The fourth-order valence-electron chi connectivity index (χ4n) is 2.46. The molecular weight excluding hydrogens is 226 g/mol. The predicted octanol–water partition coefficient (Wildman–Crippen LogP) is 0.869. The monoisotopic (exact) mass is 251 g/mol. The number of nitrogens with one attached hydrogen (secondary N) is 1. The third-order valence-corrected chi connectivity index (χ3v) is 3.71. The van der Waals surface area contributed by atoms with Crippen molar-refractivity contribution in [2.75, 3.05) is 45.6 Å². The molecule has 5 heteroatoms. The van der Waals surface area contributed by atoms with E-state index >= 15 is 0 Å². The van der Waals surface area contributed by atoms with E-state index in [1.165, 1.54) is 0 Å². The second kappa shape index (κ2) is 5.71. The van der Waals surface area contributed by atoms with Crippen LogP contribution in [0.15, 0.2) is 6.20 Å². The molecule has 18 heavy (non-hydrogen) atoms. The molecule has 1 saturated heterocycles. The van der Waals surface area contributed by atoms with Gasteiger partial charge in [-0.1, -0.05) is 0 Å². The van der Waals surface area contributed by atoms with E-state index in [-0.39, 0.29) is 0 Å². The fourth-order valence-corrected chi connectivity index (χ4v) is 2.46. The lowest BCUT2D eigenvalue weighted by atomic mass is 10.2. The minimum Gasteiger partial charge on any atom is -0.354 e. The van der Waals surface area contributed by atoms with Crippen molar-refractivity contribution in [2.24, 2.45) is 0 Å². The van der Waals surface area contributed by atoms with Gasteiger partial charge >= 0.3 is 0 Å². The highest BCUT2D eigenvalue weighted by Crippen LogP contribution is 2.10. The lowest BCUT2D eigenvalue weighted by Gasteiger charge is -2.37. The summed E-state index contributed by atoms with van der Waals surface area (Å²) >= 11 is 0. The van der Waals surface area contributed by atoms with Crippen LogP contribution in [0.3, 0.4) is 0 Å². The lowest BCUT2D eigenvalue weighted by Crippen LogP contribution is -2.52. The molecule has 0 amide bonds. The van der Waals surface area contributed by atoms with Gasteiger partial charge in [0.15, 0.2) is 0 Å². The molecule has 0 bridgehead atoms. The zero-order valence-corrected chi connectivity index (χ0v) is 12.0. The van der Waals surface area contributed by atoms with Crippen molar-refractivity contribution in [3.63, 3.8) is 0 Å². The molecule has 1 unspecified atom stereocenters. The summed E-state index contributed by atoms with van der Waals surface area (Å²) in [6.45, 7) is 9.53. The van der Waals surface area contributed by atoms with E-state index in [0.717, 1.165) is 44.4 Å². The molecule has 1 fully saturated rings. The minimum absolute atomic E-state index is 0.561. The van der Waals surface area contributed by atoms with E-state index in [1.54, 1.807) is 0 Å². The number of nitrogens with zero attached hydrogens (tertiary/aromatic N) is 4. The molecule has 1 aliphatic rings. The molecule has 0 saturated carbocycles. The summed E-state index contributed by atoms with van der Waals surface area (Å²) in [7, 11) is 4.40. The minimum atomic E-state index is 0.561. The molecule has 1 N–H and O–H groups in total. The number of aryl methyl sites for hydroxylation is 2. The highest BCUT2D eigenvalue weighted by Gasteiger charge is 2.22. The van der Waals surface area contributed by atoms with Gasteiger partial charge in [-0.15, -0.1) is 0 Å². The SMILES string of the molecule is CCn1cc(C)nc1NCC1CN(C)CCN1C. The quantitative estimate of drug-likeness (QED) is 0.861. The molecule has 102 valence electrons. The van der Waals surface area contributed by atoms with Crippen LogP contribution >= 0.6 is 0 Å². The second-order valence-electron chi connectivity index (χ2n) is 5.27. The number of hydrogen-bond acceptors (Lipinski definition) is 4. The number of imidazole rings is 1. The molecule has 1 aromatic heterocycles. The van der Waals surface area contributed by atoms with E-state index in [4.69, 9.17) is 0 Å². The van der Waals surface area contributed by atoms with Crippen molar-refractivity contribution in [1.82, 2.24) is 19.4 Å². The summed E-state index contributed by atoms with van der Waals surface area (Å²) in [4.78, 5) is 9.35. The molecule has 0 aromatic carbocycles. The number of hydrogen-bond donors (Lipinski definition) is 1. The summed E-state index contributed by atoms with van der Waals surface area (Å²) in [5.41, 5.74) is 1.08. The van der Waals surface area contributed by atoms with Crippen molar-refractivity contribution in [2.45, 2.75) is 26.4 Å². The standard InChI is InChI=1S/C13H25N5/c1-5-18-9-11(2)15-13(18)14-8-12-10-16(3)6-7-17(12)4/h9,12H,5-8,10H2,1-4H3,(H,14,15). The Morgan fingerprint density at radius 1 is 1.39 bits per heavy atom. The van der Waals surface area contributed by atoms with Gasteiger partial charge in [0.25, 0.3) is 0 Å². The molecule has 0 spiro atoms. The van der Waals surface area contributed by atoms with E-state index in [2.05, 4.69) is 51.9 Å². The molecule has 1 atom stereocenters. The maximum absolute atomic E-state index is 4.53. The average Bonchev–Trinajstić information content (AvgIpc) is 2.71. The zero-order valence-electron chi connectivity index (χ0n) is 12.0.